The Morgan fingerprint density at radius 3 is 2.81 bits per heavy atom. The van der Waals surface area contributed by atoms with E-state index in [0.29, 0.717) is 23.8 Å². The summed E-state index contributed by atoms with van der Waals surface area (Å²) in [6.45, 7) is 2.45. The van der Waals surface area contributed by atoms with Gasteiger partial charge >= 0.3 is 0 Å². The molecule has 0 unspecified atom stereocenters. The molecule has 0 spiro atoms. The molecule has 0 bridgehead atoms. The van der Waals surface area contributed by atoms with Crippen LogP contribution in [-0.4, -0.2) is 26.4 Å². The van der Waals surface area contributed by atoms with Crippen LogP contribution in [0.4, 0.5) is 5.69 Å². The van der Waals surface area contributed by atoms with E-state index in [-0.39, 0.29) is 5.91 Å². The van der Waals surface area contributed by atoms with Crippen molar-refractivity contribution in [2.75, 3.05) is 5.73 Å². The lowest BCUT2D eigenvalue weighted by Gasteiger charge is -2.23. The quantitative estimate of drug-likeness (QED) is 0.875. The molecule has 1 aromatic carbocycles. The Morgan fingerprint density at radius 1 is 1.48 bits per heavy atom. The van der Waals surface area contributed by atoms with E-state index in [1.54, 1.807) is 12.3 Å². The number of nitrogen functional groups attached to an aromatic ring is 1. The maximum Gasteiger partial charge on any atom is 0.256 e. The monoisotopic (exact) mass is 284 g/mol. The SMILES string of the molecule is Cc1cccc(N)c1C(=O)N(Cc1nccn1C)C1CC1. The first kappa shape index (κ1) is 13.7. The predicted molar refractivity (Wildman–Crippen MR) is 81.7 cm³/mol. The summed E-state index contributed by atoms with van der Waals surface area (Å²) in [5.74, 6) is 0.901. The van der Waals surface area contributed by atoms with E-state index in [4.69, 9.17) is 5.73 Å². The molecule has 5 nitrogen and oxygen atoms in total. The minimum atomic E-state index is 0.0103. The fourth-order valence-electron chi connectivity index (χ4n) is 2.58. The van der Waals surface area contributed by atoms with Crippen molar-refractivity contribution in [3.05, 3.63) is 47.5 Å². The normalized spacial score (nSPS) is 14.2. The second-order valence-electron chi connectivity index (χ2n) is 5.66. The van der Waals surface area contributed by atoms with Gasteiger partial charge in [-0.15, -0.1) is 0 Å². The maximum atomic E-state index is 12.9. The number of benzene rings is 1. The van der Waals surface area contributed by atoms with Crippen molar-refractivity contribution >= 4 is 11.6 Å². The summed E-state index contributed by atoms with van der Waals surface area (Å²) in [6, 6.07) is 5.90. The van der Waals surface area contributed by atoms with Crippen LogP contribution >= 0.6 is 0 Å². The topological polar surface area (TPSA) is 64.2 Å². The second kappa shape index (κ2) is 5.24. The number of aromatic nitrogens is 2. The molecule has 3 rings (SSSR count). The number of aryl methyl sites for hydroxylation is 2. The highest BCUT2D eigenvalue weighted by Gasteiger charge is 2.34. The molecule has 0 aliphatic heterocycles. The van der Waals surface area contributed by atoms with Crippen LogP contribution < -0.4 is 5.73 Å². The van der Waals surface area contributed by atoms with E-state index >= 15 is 0 Å². The number of imidazole rings is 1. The molecule has 0 radical (unpaired) electrons. The standard InChI is InChI=1S/C16H20N4O/c1-11-4-3-5-13(17)15(11)16(21)20(12-6-7-12)10-14-18-8-9-19(14)2/h3-5,8-9,12H,6-7,10,17H2,1-2H3. The van der Waals surface area contributed by atoms with Crippen molar-refractivity contribution in [1.82, 2.24) is 14.5 Å². The highest BCUT2D eigenvalue weighted by atomic mass is 16.2. The molecule has 110 valence electrons. The Labute approximate surface area is 124 Å². The van der Waals surface area contributed by atoms with Crippen LogP contribution in [0.3, 0.4) is 0 Å². The third-order valence-corrected chi connectivity index (χ3v) is 4.00. The van der Waals surface area contributed by atoms with Gasteiger partial charge in [0, 0.05) is 31.2 Å². The van der Waals surface area contributed by atoms with Gasteiger partial charge in [-0.25, -0.2) is 4.98 Å². The summed E-state index contributed by atoms with van der Waals surface area (Å²) in [6.07, 6.45) is 5.77. The molecule has 0 atom stereocenters. The van der Waals surface area contributed by atoms with Crippen molar-refractivity contribution in [3.63, 3.8) is 0 Å². The van der Waals surface area contributed by atoms with Gasteiger partial charge in [-0.3, -0.25) is 4.79 Å². The Bertz CT molecular complexity index is 652. The minimum absolute atomic E-state index is 0.0103. The third-order valence-electron chi connectivity index (χ3n) is 4.00. The van der Waals surface area contributed by atoms with Gasteiger partial charge in [0.25, 0.3) is 5.91 Å². The van der Waals surface area contributed by atoms with E-state index in [1.807, 2.05) is 41.8 Å². The van der Waals surface area contributed by atoms with Gasteiger partial charge in [0.2, 0.25) is 0 Å². The lowest BCUT2D eigenvalue weighted by molar-refractivity contribution is 0.0724. The van der Waals surface area contributed by atoms with Crippen LogP contribution in [0.2, 0.25) is 0 Å². The van der Waals surface area contributed by atoms with Crippen molar-refractivity contribution in [2.45, 2.75) is 32.4 Å². The molecule has 1 saturated carbocycles. The Hall–Kier alpha value is -2.30. The van der Waals surface area contributed by atoms with Crippen molar-refractivity contribution in [1.29, 1.82) is 0 Å². The number of carbonyl (C=O) groups excluding carboxylic acids is 1. The van der Waals surface area contributed by atoms with Crippen LogP contribution in [0.5, 0.6) is 0 Å². The van der Waals surface area contributed by atoms with Gasteiger partial charge in [-0.1, -0.05) is 12.1 Å². The molecule has 2 N–H and O–H groups in total. The van der Waals surface area contributed by atoms with Gasteiger partial charge in [0.05, 0.1) is 12.1 Å². The van der Waals surface area contributed by atoms with E-state index < -0.39 is 0 Å². The zero-order chi connectivity index (χ0) is 15.0. The molecule has 5 heteroatoms. The fraction of sp³-hybridized carbons (Fsp3) is 0.375. The number of hydrogen-bond donors (Lipinski definition) is 1. The van der Waals surface area contributed by atoms with Crippen LogP contribution in [0.1, 0.15) is 34.6 Å². The second-order valence-corrected chi connectivity index (χ2v) is 5.66. The molecular formula is C16H20N4O. The number of hydrogen-bond acceptors (Lipinski definition) is 3. The van der Waals surface area contributed by atoms with Crippen LogP contribution in [0.15, 0.2) is 30.6 Å². The van der Waals surface area contributed by atoms with Crippen molar-refractivity contribution in [3.8, 4) is 0 Å². The third kappa shape index (κ3) is 2.63. The molecule has 21 heavy (non-hydrogen) atoms. The Balaban J connectivity index is 1.91. The molecule has 0 saturated heterocycles. The zero-order valence-electron chi connectivity index (χ0n) is 12.4. The average Bonchev–Trinajstić information content (AvgIpc) is 3.19. The summed E-state index contributed by atoms with van der Waals surface area (Å²) in [5.41, 5.74) is 8.11. The van der Waals surface area contributed by atoms with Gasteiger partial charge in [-0.05, 0) is 31.4 Å². The molecular weight excluding hydrogens is 264 g/mol. The van der Waals surface area contributed by atoms with Gasteiger partial charge in [0.15, 0.2) is 0 Å². The van der Waals surface area contributed by atoms with Gasteiger partial charge in [0.1, 0.15) is 5.82 Å². The van der Waals surface area contributed by atoms with E-state index in [9.17, 15) is 4.79 Å². The summed E-state index contributed by atoms with van der Waals surface area (Å²) >= 11 is 0. The highest BCUT2D eigenvalue weighted by Crippen LogP contribution is 2.31. The Morgan fingerprint density at radius 2 is 2.24 bits per heavy atom. The highest BCUT2D eigenvalue weighted by molar-refractivity contribution is 6.00. The van der Waals surface area contributed by atoms with Crippen molar-refractivity contribution < 1.29 is 4.79 Å². The molecule has 1 aliphatic carbocycles. The number of anilines is 1. The summed E-state index contributed by atoms with van der Waals surface area (Å²) in [7, 11) is 1.94. The predicted octanol–water partition coefficient (Wildman–Crippen LogP) is 2.12. The molecule has 1 fully saturated rings. The summed E-state index contributed by atoms with van der Waals surface area (Å²) < 4.78 is 1.95. The number of nitrogens with two attached hydrogens (primary N) is 1. The molecule has 1 heterocycles. The summed E-state index contributed by atoms with van der Waals surface area (Å²) in [5, 5.41) is 0. The van der Waals surface area contributed by atoms with E-state index in [1.165, 1.54) is 0 Å². The first-order valence-electron chi connectivity index (χ1n) is 7.20. The smallest absolute Gasteiger partial charge is 0.256 e. The molecule has 2 aromatic rings. The van der Waals surface area contributed by atoms with Crippen LogP contribution in [0, 0.1) is 6.92 Å². The molecule has 1 amide bonds. The maximum absolute atomic E-state index is 12.9. The zero-order valence-corrected chi connectivity index (χ0v) is 12.4. The lowest BCUT2D eigenvalue weighted by atomic mass is 10.1. The minimum Gasteiger partial charge on any atom is -0.398 e. The lowest BCUT2D eigenvalue weighted by Crippen LogP contribution is -2.34. The van der Waals surface area contributed by atoms with Crippen LogP contribution in [-0.2, 0) is 13.6 Å². The number of carbonyl (C=O) groups is 1. The van der Waals surface area contributed by atoms with Gasteiger partial charge in [-0.2, -0.15) is 0 Å². The van der Waals surface area contributed by atoms with E-state index in [2.05, 4.69) is 4.98 Å². The van der Waals surface area contributed by atoms with E-state index in [0.717, 1.165) is 24.2 Å². The number of amides is 1. The average molecular weight is 284 g/mol. The number of nitrogens with zero attached hydrogens (tertiary/aromatic N) is 3. The van der Waals surface area contributed by atoms with Gasteiger partial charge < -0.3 is 15.2 Å². The largest absolute Gasteiger partial charge is 0.398 e. The molecule has 1 aliphatic rings. The fourth-order valence-corrected chi connectivity index (χ4v) is 2.58. The Kier molecular flexibility index (Phi) is 3.41. The first-order chi connectivity index (χ1) is 10.1. The molecule has 1 aromatic heterocycles. The summed E-state index contributed by atoms with van der Waals surface area (Å²) in [4.78, 5) is 19.1. The van der Waals surface area contributed by atoms with Crippen LogP contribution in [0.25, 0.3) is 0 Å². The number of rotatable bonds is 4. The van der Waals surface area contributed by atoms with Crippen molar-refractivity contribution in [2.24, 2.45) is 7.05 Å². The first-order valence-corrected chi connectivity index (χ1v) is 7.20.